The lowest BCUT2D eigenvalue weighted by atomic mass is 9.88. The second kappa shape index (κ2) is 8.10. The first-order valence-corrected chi connectivity index (χ1v) is 10.6. The molecule has 0 radical (unpaired) electrons. The van der Waals surface area contributed by atoms with Gasteiger partial charge in [0.2, 0.25) is 11.8 Å². The van der Waals surface area contributed by atoms with Gasteiger partial charge in [-0.3, -0.25) is 28.9 Å². The molecule has 2 saturated heterocycles. The highest BCUT2D eigenvalue weighted by atomic mass is 32.2. The summed E-state index contributed by atoms with van der Waals surface area (Å²) in [5.74, 6) is -0.489. The number of anilines is 1. The minimum absolute atomic E-state index is 0.0112. The number of carbonyl (C=O) groups is 5. The van der Waals surface area contributed by atoms with E-state index in [9.17, 15) is 24.0 Å². The first-order valence-electron chi connectivity index (χ1n) is 9.70. The molecule has 3 heterocycles. The van der Waals surface area contributed by atoms with Crippen LogP contribution < -0.4 is 10.1 Å². The zero-order valence-electron chi connectivity index (χ0n) is 16.4. The Hall–Kier alpha value is -2.88. The first-order chi connectivity index (χ1) is 14.3. The summed E-state index contributed by atoms with van der Waals surface area (Å²) >= 11 is 0.884. The number of rotatable bonds is 4. The van der Waals surface area contributed by atoms with Crippen molar-refractivity contribution in [3.8, 4) is 5.75 Å². The zero-order valence-corrected chi connectivity index (χ0v) is 17.2. The van der Waals surface area contributed by atoms with Gasteiger partial charge < -0.3 is 15.0 Å². The van der Waals surface area contributed by atoms with Crippen molar-refractivity contribution in [3.63, 3.8) is 0 Å². The number of hydrogen-bond acceptors (Lipinski definition) is 7. The van der Waals surface area contributed by atoms with E-state index in [1.807, 2.05) is 0 Å². The number of ketones is 1. The SMILES string of the molecule is CN1C(=O)S[C@@H](CC(=O)N2CCC(C(=O)c3ccc4c(c3)NC(=O)CO4)CC2)C1=O. The fraction of sp³-hybridized carbons (Fsp3) is 0.450. The van der Waals surface area contributed by atoms with Crippen LogP contribution in [-0.4, -0.2) is 70.5 Å². The van der Waals surface area contributed by atoms with Gasteiger partial charge in [-0.05, 0) is 31.0 Å². The molecular weight excluding hydrogens is 410 g/mol. The molecule has 0 aliphatic carbocycles. The molecule has 30 heavy (non-hydrogen) atoms. The average Bonchev–Trinajstić information content (AvgIpc) is 2.99. The average molecular weight is 431 g/mol. The molecule has 0 unspecified atom stereocenters. The molecule has 3 aliphatic rings. The molecule has 4 rings (SSSR count). The Balaban J connectivity index is 1.33. The predicted molar refractivity (Wildman–Crippen MR) is 108 cm³/mol. The molecule has 1 atom stereocenters. The van der Waals surface area contributed by atoms with Crippen LogP contribution in [0, 0.1) is 5.92 Å². The first kappa shape index (κ1) is 20.4. The Morgan fingerprint density at radius 3 is 2.60 bits per heavy atom. The van der Waals surface area contributed by atoms with E-state index in [1.54, 1.807) is 23.1 Å². The number of likely N-dealkylation sites (tertiary alicyclic amines) is 1. The molecule has 1 aromatic carbocycles. The largest absolute Gasteiger partial charge is 0.482 e. The van der Waals surface area contributed by atoms with Gasteiger partial charge in [-0.2, -0.15) is 0 Å². The molecule has 10 heteroatoms. The predicted octanol–water partition coefficient (Wildman–Crippen LogP) is 1.52. The smallest absolute Gasteiger partial charge is 0.288 e. The number of carbonyl (C=O) groups excluding carboxylic acids is 5. The Bertz CT molecular complexity index is 940. The zero-order chi connectivity index (χ0) is 21.4. The van der Waals surface area contributed by atoms with Crippen LogP contribution in [0.15, 0.2) is 18.2 Å². The van der Waals surface area contributed by atoms with E-state index < -0.39 is 5.25 Å². The number of imide groups is 1. The highest BCUT2D eigenvalue weighted by Gasteiger charge is 2.39. The second-order valence-corrected chi connectivity index (χ2v) is 8.69. The highest BCUT2D eigenvalue weighted by Crippen LogP contribution is 2.32. The summed E-state index contributed by atoms with van der Waals surface area (Å²) in [6.45, 7) is 0.812. The number of ether oxygens (including phenoxy) is 1. The standard InChI is InChI=1S/C20H21N3O6S/c1-22-19(27)15(30-20(22)28)9-17(25)23-6-4-11(5-7-23)18(26)12-2-3-14-13(8-12)21-16(24)10-29-14/h2-3,8,11,15H,4-7,9-10H2,1H3,(H,21,24)/t15-/m0/s1. The van der Waals surface area contributed by atoms with Crippen molar-refractivity contribution in [2.45, 2.75) is 24.5 Å². The summed E-state index contributed by atoms with van der Waals surface area (Å²) in [6.07, 6.45) is 1.03. The summed E-state index contributed by atoms with van der Waals surface area (Å²) in [5.41, 5.74) is 0.988. The molecule has 4 amide bonds. The number of piperidine rings is 1. The Morgan fingerprint density at radius 1 is 1.20 bits per heavy atom. The monoisotopic (exact) mass is 431 g/mol. The van der Waals surface area contributed by atoms with E-state index in [2.05, 4.69) is 5.32 Å². The van der Waals surface area contributed by atoms with Gasteiger partial charge in [-0.25, -0.2) is 0 Å². The topological polar surface area (TPSA) is 113 Å². The lowest BCUT2D eigenvalue weighted by molar-refractivity contribution is -0.135. The minimum Gasteiger partial charge on any atom is -0.482 e. The van der Waals surface area contributed by atoms with Crippen LogP contribution in [0.3, 0.4) is 0 Å². The van der Waals surface area contributed by atoms with Crippen molar-refractivity contribution >= 4 is 46.2 Å². The highest BCUT2D eigenvalue weighted by molar-refractivity contribution is 8.15. The number of amides is 4. The fourth-order valence-corrected chi connectivity index (χ4v) is 4.81. The quantitative estimate of drug-likeness (QED) is 0.719. The van der Waals surface area contributed by atoms with Crippen molar-refractivity contribution in [1.29, 1.82) is 0 Å². The summed E-state index contributed by atoms with van der Waals surface area (Å²) in [5, 5.41) is 1.69. The van der Waals surface area contributed by atoms with Crippen LogP contribution in [0.2, 0.25) is 0 Å². The maximum Gasteiger partial charge on any atom is 0.288 e. The summed E-state index contributed by atoms with van der Waals surface area (Å²) in [6, 6.07) is 4.99. The number of nitrogens with zero attached hydrogens (tertiary/aromatic N) is 2. The molecule has 158 valence electrons. The number of benzene rings is 1. The van der Waals surface area contributed by atoms with Gasteiger partial charge in [0, 0.05) is 38.0 Å². The fourth-order valence-electron chi connectivity index (χ4n) is 3.84. The molecule has 3 aliphatic heterocycles. The lowest BCUT2D eigenvalue weighted by Crippen LogP contribution is -2.42. The molecule has 9 nitrogen and oxygen atoms in total. The van der Waals surface area contributed by atoms with Gasteiger partial charge in [-0.1, -0.05) is 11.8 Å². The molecule has 0 bridgehead atoms. The number of thioether (sulfide) groups is 1. The lowest BCUT2D eigenvalue weighted by Gasteiger charge is -2.32. The van der Waals surface area contributed by atoms with Crippen molar-refractivity contribution in [3.05, 3.63) is 23.8 Å². The van der Waals surface area contributed by atoms with Gasteiger partial charge in [-0.15, -0.1) is 0 Å². The van der Waals surface area contributed by atoms with Crippen LogP contribution in [-0.2, 0) is 14.4 Å². The van der Waals surface area contributed by atoms with Crippen LogP contribution in [0.4, 0.5) is 10.5 Å². The minimum atomic E-state index is -0.665. The molecule has 1 aromatic rings. The number of fused-ring (bicyclic) bond motifs is 1. The summed E-state index contributed by atoms with van der Waals surface area (Å²) < 4.78 is 5.31. The third-order valence-corrected chi connectivity index (χ3v) is 6.73. The van der Waals surface area contributed by atoms with E-state index in [1.165, 1.54) is 7.05 Å². The van der Waals surface area contributed by atoms with Crippen molar-refractivity contribution in [1.82, 2.24) is 9.80 Å². The summed E-state index contributed by atoms with van der Waals surface area (Å²) in [7, 11) is 1.41. The van der Waals surface area contributed by atoms with E-state index in [-0.39, 0.29) is 47.7 Å². The third kappa shape index (κ3) is 3.91. The van der Waals surface area contributed by atoms with Gasteiger partial charge in [0.15, 0.2) is 12.4 Å². The van der Waals surface area contributed by atoms with Crippen molar-refractivity contribution < 1.29 is 28.7 Å². The van der Waals surface area contributed by atoms with E-state index in [4.69, 9.17) is 4.74 Å². The Labute approximate surface area is 177 Å². The van der Waals surface area contributed by atoms with Crippen LogP contribution in [0.25, 0.3) is 0 Å². The Morgan fingerprint density at radius 2 is 1.93 bits per heavy atom. The maximum absolute atomic E-state index is 12.9. The van der Waals surface area contributed by atoms with Crippen molar-refractivity contribution in [2.75, 3.05) is 32.1 Å². The molecular formula is C20H21N3O6S. The Kier molecular flexibility index (Phi) is 5.50. The van der Waals surface area contributed by atoms with Crippen LogP contribution in [0.5, 0.6) is 5.75 Å². The van der Waals surface area contributed by atoms with Crippen LogP contribution >= 0.6 is 11.8 Å². The molecule has 0 saturated carbocycles. The van der Waals surface area contributed by atoms with Gasteiger partial charge in [0.1, 0.15) is 11.0 Å². The van der Waals surface area contributed by atoms with Crippen molar-refractivity contribution in [2.24, 2.45) is 5.92 Å². The maximum atomic E-state index is 12.9. The third-order valence-electron chi connectivity index (χ3n) is 5.60. The number of hydrogen-bond donors (Lipinski definition) is 1. The molecule has 0 aromatic heterocycles. The van der Waals surface area contributed by atoms with Gasteiger partial charge in [0.25, 0.3) is 11.1 Å². The normalized spacial score (nSPS) is 21.9. The molecule has 2 fully saturated rings. The van der Waals surface area contributed by atoms with E-state index in [0.29, 0.717) is 42.9 Å². The summed E-state index contributed by atoms with van der Waals surface area (Å²) in [4.78, 5) is 63.2. The number of nitrogens with one attached hydrogen (secondary N) is 1. The van der Waals surface area contributed by atoms with E-state index in [0.717, 1.165) is 16.7 Å². The number of Topliss-reactive ketones (excluding diaryl/α,β-unsaturated/α-hetero) is 1. The second-order valence-electron chi connectivity index (χ2n) is 7.54. The van der Waals surface area contributed by atoms with E-state index >= 15 is 0 Å². The molecule has 0 spiro atoms. The van der Waals surface area contributed by atoms with Gasteiger partial charge >= 0.3 is 0 Å². The van der Waals surface area contributed by atoms with Crippen LogP contribution in [0.1, 0.15) is 29.6 Å². The molecule has 1 N–H and O–H groups in total. The van der Waals surface area contributed by atoms with Gasteiger partial charge in [0.05, 0.1) is 5.69 Å².